The fourth-order valence-corrected chi connectivity index (χ4v) is 6.05. The number of carbonyl (C=O) groups excluding carboxylic acids is 3. The van der Waals surface area contributed by atoms with E-state index in [1.54, 1.807) is 12.3 Å². The summed E-state index contributed by atoms with van der Waals surface area (Å²) in [6.07, 6.45) is 2.20. The van der Waals surface area contributed by atoms with E-state index in [0.717, 1.165) is 21.6 Å². The lowest BCUT2D eigenvalue weighted by Gasteiger charge is -2.53. The van der Waals surface area contributed by atoms with Gasteiger partial charge in [-0.1, -0.05) is 44.2 Å². The molecule has 9 nitrogen and oxygen atoms in total. The summed E-state index contributed by atoms with van der Waals surface area (Å²) in [5, 5.41) is 2.46. The van der Waals surface area contributed by atoms with Gasteiger partial charge >= 0.3 is 6.03 Å². The molecule has 6 rings (SSSR count). The molecular formula is C27H27N5O4. The Morgan fingerprint density at radius 1 is 1.11 bits per heavy atom. The van der Waals surface area contributed by atoms with E-state index < -0.39 is 29.3 Å². The van der Waals surface area contributed by atoms with Gasteiger partial charge in [0.15, 0.2) is 5.41 Å². The molecule has 1 aromatic carbocycles. The smallest absolute Gasteiger partial charge is 0.330 e. The number of nitrogens with zero attached hydrogens (tertiary/aromatic N) is 4. The molecule has 1 N–H and O–H groups in total. The lowest BCUT2D eigenvalue weighted by atomic mass is 9.65. The van der Waals surface area contributed by atoms with Crippen LogP contribution in [0.4, 0.5) is 10.6 Å². The van der Waals surface area contributed by atoms with Crippen LogP contribution in [0.3, 0.4) is 0 Å². The van der Waals surface area contributed by atoms with Crippen LogP contribution in [0.15, 0.2) is 47.4 Å². The van der Waals surface area contributed by atoms with Crippen molar-refractivity contribution in [1.82, 2.24) is 19.6 Å². The van der Waals surface area contributed by atoms with E-state index in [1.807, 2.05) is 56.0 Å². The highest BCUT2D eigenvalue weighted by atomic mass is 16.2. The lowest BCUT2D eigenvalue weighted by molar-refractivity contribution is -0.154. The largest absolute Gasteiger partial charge is 0.347 e. The van der Waals surface area contributed by atoms with Crippen LogP contribution in [0.1, 0.15) is 42.1 Å². The van der Waals surface area contributed by atoms with Gasteiger partial charge in [-0.15, -0.1) is 0 Å². The number of nitrogens with one attached hydrogen (secondary N) is 1. The minimum Gasteiger partial charge on any atom is -0.347 e. The second kappa shape index (κ2) is 7.74. The topological polar surface area (TPSA) is 104 Å². The SMILES string of the molecule is Cc1cccn2c(=O)c3c(nc12)N1CCc2ccccc2C1C1(C3)C(=O)NC(=O)N(CC(C)C)C1=O. The molecule has 0 saturated carbocycles. The summed E-state index contributed by atoms with van der Waals surface area (Å²) in [6, 6.07) is 10.0. The molecule has 0 radical (unpaired) electrons. The van der Waals surface area contributed by atoms with Gasteiger partial charge in [0.05, 0.1) is 11.6 Å². The molecule has 1 spiro atoms. The number of barbiturate groups is 1. The Hall–Kier alpha value is -4.01. The standard InChI is InChI=1S/C27H27N5O4/c1-15(2)14-32-25(35)27(24(34)29-26(32)36)13-19-22(28-21-16(3)7-6-11-31(21)23(19)33)30-12-10-17-8-4-5-9-18(17)20(27)30/h4-9,11,15,20H,10,12-14H2,1-3H3,(H,29,34,36). The zero-order valence-electron chi connectivity index (χ0n) is 20.4. The number of fused-ring (bicyclic) bond motifs is 7. The van der Waals surface area contributed by atoms with Gasteiger partial charge in [-0.05, 0) is 42.0 Å². The van der Waals surface area contributed by atoms with Gasteiger partial charge in [0.2, 0.25) is 11.8 Å². The number of amides is 4. The van der Waals surface area contributed by atoms with Crippen molar-refractivity contribution in [2.45, 2.75) is 39.7 Å². The molecule has 2 unspecified atom stereocenters. The molecule has 3 aliphatic heterocycles. The minimum absolute atomic E-state index is 0.00906. The fourth-order valence-electron chi connectivity index (χ4n) is 6.05. The van der Waals surface area contributed by atoms with Crippen LogP contribution < -0.4 is 15.8 Å². The van der Waals surface area contributed by atoms with Gasteiger partial charge in [-0.3, -0.25) is 29.0 Å². The van der Waals surface area contributed by atoms with Crippen LogP contribution in [-0.4, -0.2) is 45.2 Å². The maximum atomic E-state index is 14.3. The van der Waals surface area contributed by atoms with Crippen LogP contribution in [0, 0.1) is 18.3 Å². The first-order valence-electron chi connectivity index (χ1n) is 12.3. The van der Waals surface area contributed by atoms with Crippen LogP contribution in [-0.2, 0) is 22.4 Å². The first kappa shape index (κ1) is 22.5. The Morgan fingerprint density at radius 2 is 1.89 bits per heavy atom. The summed E-state index contributed by atoms with van der Waals surface area (Å²) < 4.78 is 1.47. The van der Waals surface area contributed by atoms with E-state index in [0.29, 0.717) is 30.0 Å². The van der Waals surface area contributed by atoms with Crippen molar-refractivity contribution < 1.29 is 14.4 Å². The summed E-state index contributed by atoms with van der Waals surface area (Å²) in [5.41, 5.74) is 1.63. The Kier molecular flexibility index (Phi) is 4.83. The van der Waals surface area contributed by atoms with Crippen molar-refractivity contribution in [3.05, 3.63) is 75.2 Å². The summed E-state index contributed by atoms with van der Waals surface area (Å²) in [4.78, 5) is 62.6. The third kappa shape index (κ3) is 2.91. The van der Waals surface area contributed by atoms with E-state index in [-0.39, 0.29) is 24.4 Å². The van der Waals surface area contributed by atoms with E-state index in [9.17, 15) is 19.2 Å². The Bertz CT molecular complexity index is 1530. The molecule has 9 heteroatoms. The van der Waals surface area contributed by atoms with Crippen LogP contribution >= 0.6 is 0 Å². The Labute approximate surface area is 207 Å². The molecule has 2 atom stereocenters. The number of hydrogen-bond acceptors (Lipinski definition) is 6. The summed E-state index contributed by atoms with van der Waals surface area (Å²) in [5.74, 6) is -0.707. The number of imide groups is 2. The summed E-state index contributed by atoms with van der Waals surface area (Å²) in [6.45, 7) is 6.38. The molecule has 2 aromatic heterocycles. The molecule has 5 heterocycles. The molecule has 0 aliphatic carbocycles. The van der Waals surface area contributed by atoms with Crippen molar-refractivity contribution >= 4 is 29.3 Å². The number of anilines is 1. The highest BCUT2D eigenvalue weighted by molar-refractivity contribution is 6.20. The fraction of sp³-hybridized carbons (Fsp3) is 0.370. The number of hydrogen-bond donors (Lipinski definition) is 1. The number of aryl methyl sites for hydroxylation is 1. The normalized spacial score (nSPS) is 23.1. The monoisotopic (exact) mass is 485 g/mol. The third-order valence-corrected chi connectivity index (χ3v) is 7.64. The predicted molar refractivity (Wildman–Crippen MR) is 133 cm³/mol. The molecule has 1 fully saturated rings. The van der Waals surface area contributed by atoms with Gasteiger partial charge in [-0.2, -0.15) is 0 Å². The van der Waals surface area contributed by atoms with Crippen LogP contribution in [0.5, 0.6) is 0 Å². The minimum atomic E-state index is -1.68. The average Bonchev–Trinajstić information content (AvgIpc) is 2.86. The zero-order chi connectivity index (χ0) is 25.4. The van der Waals surface area contributed by atoms with Crippen molar-refractivity contribution in [2.24, 2.45) is 11.3 Å². The molecule has 3 aliphatic rings. The van der Waals surface area contributed by atoms with E-state index in [2.05, 4.69) is 5.32 Å². The molecule has 4 amide bonds. The van der Waals surface area contributed by atoms with Gasteiger partial charge < -0.3 is 4.90 Å². The van der Waals surface area contributed by atoms with Crippen molar-refractivity contribution in [1.29, 1.82) is 0 Å². The molecule has 36 heavy (non-hydrogen) atoms. The Balaban J connectivity index is 1.66. The summed E-state index contributed by atoms with van der Waals surface area (Å²) in [7, 11) is 0. The van der Waals surface area contributed by atoms with Crippen molar-refractivity contribution in [3.8, 4) is 0 Å². The third-order valence-electron chi connectivity index (χ3n) is 7.64. The number of rotatable bonds is 2. The van der Waals surface area contributed by atoms with Crippen LogP contribution in [0.25, 0.3) is 5.65 Å². The molecular weight excluding hydrogens is 458 g/mol. The molecule has 0 bridgehead atoms. The van der Waals surface area contributed by atoms with Gasteiger partial charge in [0, 0.05) is 25.7 Å². The number of pyridine rings is 1. The van der Waals surface area contributed by atoms with Crippen molar-refractivity contribution in [2.75, 3.05) is 18.0 Å². The number of urea groups is 1. The number of benzene rings is 1. The Morgan fingerprint density at radius 3 is 2.67 bits per heavy atom. The van der Waals surface area contributed by atoms with Crippen LogP contribution in [0.2, 0.25) is 0 Å². The van der Waals surface area contributed by atoms with E-state index >= 15 is 0 Å². The second-order valence-corrected chi connectivity index (χ2v) is 10.4. The van der Waals surface area contributed by atoms with E-state index in [4.69, 9.17) is 4.98 Å². The predicted octanol–water partition coefficient (Wildman–Crippen LogP) is 2.38. The maximum absolute atomic E-state index is 14.3. The van der Waals surface area contributed by atoms with Gasteiger partial charge in [0.25, 0.3) is 5.56 Å². The van der Waals surface area contributed by atoms with Crippen molar-refractivity contribution in [3.63, 3.8) is 0 Å². The molecule has 184 valence electrons. The van der Waals surface area contributed by atoms with Gasteiger partial charge in [0.1, 0.15) is 11.5 Å². The highest BCUT2D eigenvalue weighted by Crippen LogP contribution is 2.52. The summed E-state index contributed by atoms with van der Waals surface area (Å²) >= 11 is 0. The zero-order valence-corrected chi connectivity index (χ0v) is 20.4. The molecule has 3 aromatic rings. The number of aromatic nitrogens is 2. The second-order valence-electron chi connectivity index (χ2n) is 10.4. The first-order chi connectivity index (χ1) is 17.2. The number of carbonyl (C=O) groups is 3. The quantitative estimate of drug-likeness (QED) is 0.559. The highest BCUT2D eigenvalue weighted by Gasteiger charge is 2.64. The lowest BCUT2D eigenvalue weighted by Crippen LogP contribution is -2.70. The first-order valence-corrected chi connectivity index (χ1v) is 12.3. The average molecular weight is 486 g/mol. The molecule has 1 saturated heterocycles. The maximum Gasteiger partial charge on any atom is 0.330 e. The van der Waals surface area contributed by atoms with E-state index in [1.165, 1.54) is 4.40 Å². The van der Waals surface area contributed by atoms with Gasteiger partial charge in [-0.25, -0.2) is 9.78 Å².